The Hall–Kier alpha value is -1.82. The first-order valence-corrected chi connectivity index (χ1v) is 7.39. The van der Waals surface area contributed by atoms with Crippen LogP contribution in [0.25, 0.3) is 0 Å². The monoisotopic (exact) mass is 291 g/mol. The molecule has 0 radical (unpaired) electrons. The van der Waals surface area contributed by atoms with E-state index in [4.69, 9.17) is 4.52 Å². The van der Waals surface area contributed by atoms with E-state index in [1.807, 2.05) is 25.1 Å². The number of nitrogens with zero attached hydrogens (tertiary/aromatic N) is 3. The summed E-state index contributed by atoms with van der Waals surface area (Å²) in [4.78, 5) is 18.7. The van der Waals surface area contributed by atoms with Gasteiger partial charge in [-0.1, -0.05) is 12.1 Å². The first-order chi connectivity index (χ1) is 9.69. The predicted octanol–water partition coefficient (Wildman–Crippen LogP) is 2.38. The number of amides is 1. The fourth-order valence-electron chi connectivity index (χ4n) is 1.61. The molecule has 0 saturated heterocycles. The fraction of sp³-hybridized carbons (Fsp3) is 0.357. The Morgan fingerprint density at radius 3 is 2.80 bits per heavy atom. The molecule has 0 saturated carbocycles. The third-order valence-electron chi connectivity index (χ3n) is 2.80. The van der Waals surface area contributed by atoms with Crippen LogP contribution >= 0.6 is 11.8 Å². The Bertz CT molecular complexity index is 557. The number of thioether (sulfide) groups is 1. The lowest BCUT2D eigenvalue weighted by Crippen LogP contribution is -2.27. The number of aryl methyl sites for hydroxylation is 1. The van der Waals surface area contributed by atoms with Crippen LogP contribution in [0, 0.1) is 0 Å². The van der Waals surface area contributed by atoms with Crippen LogP contribution in [-0.2, 0) is 17.8 Å². The summed E-state index contributed by atoms with van der Waals surface area (Å²) in [6, 6.07) is 5.67. The zero-order chi connectivity index (χ0) is 14.4. The maximum atomic E-state index is 12.0. The Kier molecular flexibility index (Phi) is 5.17. The summed E-state index contributed by atoms with van der Waals surface area (Å²) >= 11 is 1.50. The standard InChI is InChI=1S/C14H17N3O2S/c1-3-11-8-12(19-16-11)9-17(2)14(18)10-20-13-4-6-15-7-5-13/h4-8H,3,9-10H2,1-2H3. The molecule has 0 spiro atoms. The number of hydrogen-bond acceptors (Lipinski definition) is 5. The third-order valence-corrected chi connectivity index (χ3v) is 3.80. The van der Waals surface area contributed by atoms with E-state index in [0.717, 1.165) is 17.0 Å². The Balaban J connectivity index is 1.82. The van der Waals surface area contributed by atoms with Crippen molar-refractivity contribution in [3.63, 3.8) is 0 Å². The highest BCUT2D eigenvalue weighted by atomic mass is 32.2. The van der Waals surface area contributed by atoms with Crippen LogP contribution in [-0.4, -0.2) is 33.7 Å². The van der Waals surface area contributed by atoms with Gasteiger partial charge in [0.05, 0.1) is 18.0 Å². The molecule has 6 heteroatoms. The molecular formula is C14H17N3O2S. The number of carbonyl (C=O) groups excluding carboxylic acids is 1. The lowest BCUT2D eigenvalue weighted by atomic mass is 10.3. The molecule has 0 unspecified atom stereocenters. The van der Waals surface area contributed by atoms with E-state index in [9.17, 15) is 4.79 Å². The number of carbonyl (C=O) groups is 1. The molecule has 2 heterocycles. The van der Waals surface area contributed by atoms with E-state index in [-0.39, 0.29) is 5.91 Å². The van der Waals surface area contributed by atoms with Gasteiger partial charge < -0.3 is 9.42 Å². The number of aromatic nitrogens is 2. The summed E-state index contributed by atoms with van der Waals surface area (Å²) < 4.78 is 5.18. The van der Waals surface area contributed by atoms with Gasteiger partial charge in [0.1, 0.15) is 0 Å². The minimum absolute atomic E-state index is 0.0567. The Morgan fingerprint density at radius 1 is 1.40 bits per heavy atom. The highest BCUT2D eigenvalue weighted by Crippen LogP contribution is 2.17. The highest BCUT2D eigenvalue weighted by molar-refractivity contribution is 8.00. The normalized spacial score (nSPS) is 10.5. The van der Waals surface area contributed by atoms with Crippen LogP contribution < -0.4 is 0 Å². The van der Waals surface area contributed by atoms with E-state index < -0.39 is 0 Å². The van der Waals surface area contributed by atoms with Gasteiger partial charge in [0.15, 0.2) is 5.76 Å². The fourth-order valence-corrected chi connectivity index (χ4v) is 2.43. The van der Waals surface area contributed by atoms with Crippen molar-refractivity contribution in [3.05, 3.63) is 42.0 Å². The predicted molar refractivity (Wildman–Crippen MR) is 77.3 cm³/mol. The van der Waals surface area contributed by atoms with Crippen molar-refractivity contribution in [2.75, 3.05) is 12.8 Å². The van der Waals surface area contributed by atoms with E-state index in [0.29, 0.717) is 18.1 Å². The molecule has 0 aromatic carbocycles. The van der Waals surface area contributed by atoms with Gasteiger partial charge in [-0.05, 0) is 18.6 Å². The second kappa shape index (κ2) is 7.09. The van der Waals surface area contributed by atoms with Gasteiger partial charge in [-0.25, -0.2) is 0 Å². The summed E-state index contributed by atoms with van der Waals surface area (Å²) in [6.45, 7) is 2.46. The molecule has 5 nitrogen and oxygen atoms in total. The SMILES string of the molecule is CCc1cc(CN(C)C(=O)CSc2ccncc2)on1. The van der Waals surface area contributed by atoms with Gasteiger partial charge in [-0.3, -0.25) is 9.78 Å². The smallest absolute Gasteiger partial charge is 0.233 e. The third kappa shape index (κ3) is 4.09. The van der Waals surface area contributed by atoms with Gasteiger partial charge in [-0.2, -0.15) is 0 Å². The molecule has 0 aliphatic carbocycles. The van der Waals surface area contributed by atoms with Crippen LogP contribution in [0.1, 0.15) is 18.4 Å². The van der Waals surface area contributed by atoms with Gasteiger partial charge in [0.25, 0.3) is 0 Å². The second-order valence-electron chi connectivity index (χ2n) is 4.36. The minimum Gasteiger partial charge on any atom is -0.359 e. The molecule has 2 aromatic rings. The molecule has 106 valence electrons. The van der Waals surface area contributed by atoms with Crippen molar-refractivity contribution in [1.29, 1.82) is 0 Å². The Labute approximate surface area is 122 Å². The topological polar surface area (TPSA) is 59.2 Å². The first-order valence-electron chi connectivity index (χ1n) is 6.40. The van der Waals surface area contributed by atoms with E-state index in [1.54, 1.807) is 24.3 Å². The van der Waals surface area contributed by atoms with Crippen LogP contribution in [0.3, 0.4) is 0 Å². The molecule has 0 bridgehead atoms. The summed E-state index contributed by atoms with van der Waals surface area (Å²) in [5.74, 6) is 1.17. The molecule has 1 amide bonds. The zero-order valence-electron chi connectivity index (χ0n) is 11.6. The van der Waals surface area contributed by atoms with Gasteiger partial charge in [0, 0.05) is 30.4 Å². The minimum atomic E-state index is 0.0567. The molecule has 0 N–H and O–H groups in total. The van der Waals surface area contributed by atoms with Gasteiger partial charge >= 0.3 is 0 Å². The van der Waals surface area contributed by atoms with Crippen LogP contribution in [0.5, 0.6) is 0 Å². The van der Waals surface area contributed by atoms with E-state index >= 15 is 0 Å². The van der Waals surface area contributed by atoms with Gasteiger partial charge in [-0.15, -0.1) is 11.8 Å². The van der Waals surface area contributed by atoms with Crippen LogP contribution in [0.4, 0.5) is 0 Å². The Morgan fingerprint density at radius 2 is 2.15 bits per heavy atom. The summed E-state index contributed by atoms with van der Waals surface area (Å²) in [5.41, 5.74) is 0.909. The highest BCUT2D eigenvalue weighted by Gasteiger charge is 2.12. The molecule has 2 aromatic heterocycles. The maximum Gasteiger partial charge on any atom is 0.233 e. The summed E-state index contributed by atoms with van der Waals surface area (Å²) in [6.07, 6.45) is 4.27. The summed E-state index contributed by atoms with van der Waals surface area (Å²) in [5, 5.41) is 3.92. The quantitative estimate of drug-likeness (QED) is 0.765. The average Bonchev–Trinajstić information content (AvgIpc) is 2.93. The molecule has 0 aliphatic rings. The lowest BCUT2D eigenvalue weighted by molar-refractivity contribution is -0.127. The van der Waals surface area contributed by atoms with Gasteiger partial charge in [0.2, 0.25) is 5.91 Å². The molecule has 20 heavy (non-hydrogen) atoms. The molecular weight excluding hydrogens is 274 g/mol. The molecule has 0 atom stereocenters. The molecule has 2 rings (SSSR count). The van der Waals surface area contributed by atoms with E-state index in [2.05, 4.69) is 10.1 Å². The molecule has 0 aliphatic heterocycles. The number of rotatable bonds is 6. The van der Waals surface area contributed by atoms with Crippen molar-refractivity contribution in [3.8, 4) is 0 Å². The zero-order valence-corrected chi connectivity index (χ0v) is 12.4. The van der Waals surface area contributed by atoms with E-state index in [1.165, 1.54) is 11.8 Å². The average molecular weight is 291 g/mol. The number of pyridine rings is 1. The lowest BCUT2D eigenvalue weighted by Gasteiger charge is -2.14. The van der Waals surface area contributed by atoms with Crippen molar-refractivity contribution in [2.45, 2.75) is 24.8 Å². The van der Waals surface area contributed by atoms with Crippen LogP contribution in [0.15, 0.2) is 40.0 Å². The number of hydrogen-bond donors (Lipinski definition) is 0. The maximum absolute atomic E-state index is 12.0. The van der Waals surface area contributed by atoms with Crippen molar-refractivity contribution < 1.29 is 9.32 Å². The van der Waals surface area contributed by atoms with Crippen molar-refractivity contribution in [1.82, 2.24) is 15.0 Å². The van der Waals surface area contributed by atoms with Crippen molar-refractivity contribution >= 4 is 17.7 Å². The second-order valence-corrected chi connectivity index (χ2v) is 5.41. The largest absolute Gasteiger partial charge is 0.359 e. The summed E-state index contributed by atoms with van der Waals surface area (Å²) in [7, 11) is 1.77. The van der Waals surface area contributed by atoms with Crippen LogP contribution in [0.2, 0.25) is 0 Å². The first kappa shape index (κ1) is 14.6. The molecule has 0 fully saturated rings. The van der Waals surface area contributed by atoms with Crippen molar-refractivity contribution in [2.24, 2.45) is 0 Å².